The summed E-state index contributed by atoms with van der Waals surface area (Å²) in [5.41, 5.74) is 10.2. The summed E-state index contributed by atoms with van der Waals surface area (Å²) in [5, 5.41) is 0. The summed E-state index contributed by atoms with van der Waals surface area (Å²) >= 11 is 0. The zero-order valence-electron chi connectivity index (χ0n) is 8.43. The van der Waals surface area contributed by atoms with Crippen LogP contribution in [-0.2, 0) is 0 Å². The summed E-state index contributed by atoms with van der Waals surface area (Å²) < 4.78 is 0. The summed E-state index contributed by atoms with van der Waals surface area (Å²) in [6, 6.07) is 0. The number of allylic oxidation sites excluding steroid dienone is 6. The molecule has 0 radical (unpaired) electrons. The molecular weight excluding hydrogens is 158 g/mol. The molecule has 0 aromatic carbocycles. The molecule has 13 heavy (non-hydrogen) atoms. The van der Waals surface area contributed by atoms with E-state index >= 15 is 0 Å². The lowest BCUT2D eigenvalue weighted by molar-refractivity contribution is 1.16. The molecule has 1 rings (SSSR count). The fraction of sp³-hybridized carbons (Fsp3) is 0.333. The minimum Gasteiger partial charge on any atom is -0.399 e. The number of hydrogen-bond acceptors (Lipinski definition) is 1. The van der Waals surface area contributed by atoms with E-state index in [1.54, 1.807) is 0 Å². The normalized spacial score (nSPS) is 22.5. The van der Waals surface area contributed by atoms with Crippen LogP contribution in [0, 0.1) is 0 Å². The standard InChI is InChI=1S/C12H17N/c1-4-6-11-8-12(9(3)13)7-10(11)5-2/h5-6,8H,3-4,7,13H2,1-2H3/b10-5-,11-6-. The topological polar surface area (TPSA) is 26.0 Å². The van der Waals surface area contributed by atoms with Gasteiger partial charge in [-0.05, 0) is 42.6 Å². The van der Waals surface area contributed by atoms with Gasteiger partial charge in [-0.25, -0.2) is 0 Å². The molecule has 0 amide bonds. The average molecular weight is 175 g/mol. The average Bonchev–Trinajstić information content (AvgIpc) is 2.48. The van der Waals surface area contributed by atoms with Gasteiger partial charge in [0.2, 0.25) is 0 Å². The Morgan fingerprint density at radius 3 is 2.85 bits per heavy atom. The highest BCUT2D eigenvalue weighted by atomic mass is 14.6. The van der Waals surface area contributed by atoms with Gasteiger partial charge in [0, 0.05) is 5.70 Å². The van der Waals surface area contributed by atoms with Crippen LogP contribution in [-0.4, -0.2) is 0 Å². The van der Waals surface area contributed by atoms with Gasteiger partial charge in [-0.1, -0.05) is 25.7 Å². The fourth-order valence-electron chi connectivity index (χ4n) is 1.52. The van der Waals surface area contributed by atoms with E-state index in [9.17, 15) is 0 Å². The molecule has 0 aliphatic heterocycles. The van der Waals surface area contributed by atoms with Crippen LogP contribution in [0.1, 0.15) is 26.7 Å². The van der Waals surface area contributed by atoms with Gasteiger partial charge in [0.05, 0.1) is 0 Å². The van der Waals surface area contributed by atoms with E-state index in [0.717, 1.165) is 18.4 Å². The fourth-order valence-corrected chi connectivity index (χ4v) is 1.52. The van der Waals surface area contributed by atoms with Crippen LogP contribution in [0.25, 0.3) is 0 Å². The Bertz CT molecular complexity index is 303. The SMILES string of the molecule is C=C(N)C1=CC(=C/CC)/C(=C\C)C1. The molecule has 1 aliphatic carbocycles. The molecule has 70 valence electrons. The Hall–Kier alpha value is -1.24. The molecule has 2 N–H and O–H groups in total. The Morgan fingerprint density at radius 2 is 2.38 bits per heavy atom. The van der Waals surface area contributed by atoms with Crippen molar-refractivity contribution in [3.63, 3.8) is 0 Å². The smallest absolute Gasteiger partial charge is 0.0277 e. The maximum atomic E-state index is 5.66. The molecule has 1 aliphatic rings. The van der Waals surface area contributed by atoms with E-state index < -0.39 is 0 Å². The van der Waals surface area contributed by atoms with E-state index in [-0.39, 0.29) is 0 Å². The third-order valence-corrected chi connectivity index (χ3v) is 2.27. The third kappa shape index (κ3) is 2.11. The first kappa shape index (κ1) is 9.85. The Morgan fingerprint density at radius 1 is 1.69 bits per heavy atom. The molecule has 0 fully saturated rings. The van der Waals surface area contributed by atoms with Crippen molar-refractivity contribution in [3.05, 3.63) is 47.2 Å². The molecule has 0 bridgehead atoms. The zero-order chi connectivity index (χ0) is 9.84. The number of nitrogens with two attached hydrogens (primary N) is 1. The highest BCUT2D eigenvalue weighted by Gasteiger charge is 2.14. The molecule has 1 nitrogen and oxygen atoms in total. The predicted octanol–water partition coefficient (Wildman–Crippen LogP) is 3.07. The first-order valence-corrected chi connectivity index (χ1v) is 4.70. The molecule has 0 aromatic rings. The van der Waals surface area contributed by atoms with Crippen molar-refractivity contribution in [3.8, 4) is 0 Å². The first-order chi connectivity index (χ1) is 6.19. The van der Waals surface area contributed by atoms with Gasteiger partial charge in [0.15, 0.2) is 0 Å². The van der Waals surface area contributed by atoms with E-state index in [4.69, 9.17) is 5.73 Å². The maximum Gasteiger partial charge on any atom is 0.0277 e. The quantitative estimate of drug-likeness (QED) is 0.685. The van der Waals surface area contributed by atoms with Crippen molar-refractivity contribution in [2.24, 2.45) is 5.73 Å². The minimum absolute atomic E-state index is 0.693. The van der Waals surface area contributed by atoms with E-state index in [1.165, 1.54) is 11.1 Å². The maximum absolute atomic E-state index is 5.66. The van der Waals surface area contributed by atoms with Gasteiger partial charge >= 0.3 is 0 Å². The van der Waals surface area contributed by atoms with Crippen LogP contribution in [0.15, 0.2) is 47.2 Å². The van der Waals surface area contributed by atoms with Gasteiger partial charge in [-0.2, -0.15) is 0 Å². The van der Waals surface area contributed by atoms with Crippen LogP contribution in [0.2, 0.25) is 0 Å². The number of hydrogen-bond donors (Lipinski definition) is 1. The molecule has 0 heterocycles. The molecule has 0 atom stereocenters. The van der Waals surface area contributed by atoms with Crippen molar-refractivity contribution in [2.75, 3.05) is 0 Å². The second kappa shape index (κ2) is 4.13. The number of rotatable bonds is 2. The Kier molecular flexibility index (Phi) is 3.13. The Balaban J connectivity index is 2.95. The zero-order valence-corrected chi connectivity index (χ0v) is 8.43. The van der Waals surface area contributed by atoms with Gasteiger partial charge in [0.25, 0.3) is 0 Å². The van der Waals surface area contributed by atoms with E-state index in [1.807, 2.05) is 0 Å². The minimum atomic E-state index is 0.693. The van der Waals surface area contributed by atoms with Crippen LogP contribution < -0.4 is 5.73 Å². The molecule has 0 unspecified atom stereocenters. The predicted molar refractivity (Wildman–Crippen MR) is 58.2 cm³/mol. The van der Waals surface area contributed by atoms with Crippen molar-refractivity contribution < 1.29 is 0 Å². The van der Waals surface area contributed by atoms with Gasteiger partial charge in [-0.15, -0.1) is 0 Å². The molecule has 0 spiro atoms. The molecule has 0 saturated carbocycles. The van der Waals surface area contributed by atoms with Gasteiger partial charge in [0.1, 0.15) is 0 Å². The summed E-state index contributed by atoms with van der Waals surface area (Å²) in [4.78, 5) is 0. The van der Waals surface area contributed by atoms with Gasteiger partial charge in [-0.3, -0.25) is 0 Å². The van der Waals surface area contributed by atoms with Gasteiger partial charge < -0.3 is 5.73 Å². The second-order valence-electron chi connectivity index (χ2n) is 3.25. The summed E-state index contributed by atoms with van der Waals surface area (Å²) in [7, 11) is 0. The van der Waals surface area contributed by atoms with Crippen LogP contribution >= 0.6 is 0 Å². The molecular formula is C12H17N. The molecule has 0 saturated heterocycles. The first-order valence-electron chi connectivity index (χ1n) is 4.70. The van der Waals surface area contributed by atoms with Crippen LogP contribution in [0.5, 0.6) is 0 Å². The Labute approximate surface area is 80.3 Å². The van der Waals surface area contributed by atoms with Crippen LogP contribution in [0.3, 0.4) is 0 Å². The summed E-state index contributed by atoms with van der Waals surface area (Å²) in [6.45, 7) is 7.96. The lowest BCUT2D eigenvalue weighted by atomic mass is 10.1. The van der Waals surface area contributed by atoms with Crippen molar-refractivity contribution in [1.29, 1.82) is 0 Å². The summed E-state index contributed by atoms with van der Waals surface area (Å²) in [6.07, 6.45) is 8.52. The largest absolute Gasteiger partial charge is 0.399 e. The lowest BCUT2D eigenvalue weighted by Crippen LogP contribution is -1.96. The molecule has 0 aromatic heterocycles. The third-order valence-electron chi connectivity index (χ3n) is 2.27. The van der Waals surface area contributed by atoms with Crippen molar-refractivity contribution in [2.45, 2.75) is 26.7 Å². The highest BCUT2D eigenvalue weighted by Crippen LogP contribution is 2.31. The van der Waals surface area contributed by atoms with Crippen molar-refractivity contribution in [1.82, 2.24) is 0 Å². The van der Waals surface area contributed by atoms with E-state index in [2.05, 4.69) is 38.7 Å². The lowest BCUT2D eigenvalue weighted by Gasteiger charge is -1.99. The molecule has 1 heteroatoms. The van der Waals surface area contributed by atoms with E-state index in [0.29, 0.717) is 5.70 Å². The van der Waals surface area contributed by atoms with Crippen molar-refractivity contribution >= 4 is 0 Å². The monoisotopic (exact) mass is 175 g/mol. The van der Waals surface area contributed by atoms with Crippen LogP contribution in [0.4, 0.5) is 0 Å². The highest BCUT2D eigenvalue weighted by molar-refractivity contribution is 5.54. The second-order valence-corrected chi connectivity index (χ2v) is 3.25. The summed E-state index contributed by atoms with van der Waals surface area (Å²) in [5.74, 6) is 0.